The number of anilines is 1. The van der Waals surface area contributed by atoms with E-state index in [1.54, 1.807) is 26.0 Å². The number of esters is 1. The van der Waals surface area contributed by atoms with Crippen LogP contribution in [0.1, 0.15) is 12.5 Å². The van der Waals surface area contributed by atoms with Crippen molar-refractivity contribution in [1.29, 1.82) is 0 Å². The highest BCUT2D eigenvalue weighted by molar-refractivity contribution is 5.76. The summed E-state index contributed by atoms with van der Waals surface area (Å²) >= 11 is 0. The summed E-state index contributed by atoms with van der Waals surface area (Å²) in [6.45, 7) is 3.67. The molecule has 17 heavy (non-hydrogen) atoms. The minimum atomic E-state index is -0.486. The molecular formula is C11H14N2O4. The molecule has 0 atom stereocenters. The van der Waals surface area contributed by atoms with Crippen LogP contribution in [0.2, 0.25) is 0 Å². The Morgan fingerprint density at radius 1 is 1.53 bits per heavy atom. The maximum absolute atomic E-state index is 11.1. The van der Waals surface area contributed by atoms with Crippen molar-refractivity contribution in [2.45, 2.75) is 13.8 Å². The topological polar surface area (TPSA) is 81.5 Å². The van der Waals surface area contributed by atoms with Crippen LogP contribution in [-0.2, 0) is 9.53 Å². The van der Waals surface area contributed by atoms with E-state index in [4.69, 9.17) is 4.74 Å². The predicted octanol–water partition coefficient (Wildman–Crippen LogP) is 1.88. The Morgan fingerprint density at radius 3 is 2.82 bits per heavy atom. The number of nitro benzene ring substituents is 1. The third kappa shape index (κ3) is 3.75. The van der Waals surface area contributed by atoms with Gasteiger partial charge in [-0.2, -0.15) is 0 Å². The Bertz CT molecular complexity index is 431. The van der Waals surface area contributed by atoms with Crippen molar-refractivity contribution < 1.29 is 14.5 Å². The van der Waals surface area contributed by atoms with Crippen LogP contribution in [0.4, 0.5) is 11.4 Å². The molecule has 0 heterocycles. The molecule has 6 heteroatoms. The zero-order valence-electron chi connectivity index (χ0n) is 9.73. The van der Waals surface area contributed by atoms with E-state index in [0.29, 0.717) is 5.69 Å². The van der Waals surface area contributed by atoms with Crippen LogP contribution in [0.25, 0.3) is 0 Å². The van der Waals surface area contributed by atoms with Crippen LogP contribution in [0.15, 0.2) is 18.2 Å². The van der Waals surface area contributed by atoms with Crippen molar-refractivity contribution in [3.05, 3.63) is 33.9 Å². The van der Waals surface area contributed by atoms with Crippen molar-refractivity contribution in [2.24, 2.45) is 0 Å². The number of hydrogen-bond donors (Lipinski definition) is 1. The number of carbonyl (C=O) groups is 1. The SMILES string of the molecule is CCOC(=O)CNc1ccc(C)cc1[N+](=O)[O-]. The Balaban J connectivity index is 2.77. The summed E-state index contributed by atoms with van der Waals surface area (Å²) in [5.41, 5.74) is 1.06. The first-order valence-corrected chi connectivity index (χ1v) is 5.19. The number of hydrogen-bond acceptors (Lipinski definition) is 5. The molecule has 0 amide bonds. The van der Waals surface area contributed by atoms with E-state index in [1.807, 2.05) is 0 Å². The lowest BCUT2D eigenvalue weighted by atomic mass is 10.2. The first kappa shape index (κ1) is 13.0. The molecule has 0 aliphatic carbocycles. The molecule has 1 N–H and O–H groups in total. The van der Waals surface area contributed by atoms with Gasteiger partial charge in [0.05, 0.1) is 11.5 Å². The lowest BCUT2D eigenvalue weighted by Gasteiger charge is -2.07. The molecule has 0 radical (unpaired) electrons. The molecule has 0 aliphatic rings. The fourth-order valence-electron chi connectivity index (χ4n) is 1.32. The van der Waals surface area contributed by atoms with Gasteiger partial charge >= 0.3 is 5.97 Å². The standard InChI is InChI=1S/C11H14N2O4/c1-3-17-11(14)7-12-9-5-4-8(2)6-10(9)13(15)16/h4-6,12H,3,7H2,1-2H3. The molecule has 1 rings (SSSR count). The van der Waals surface area contributed by atoms with Crippen molar-refractivity contribution >= 4 is 17.3 Å². The lowest BCUT2D eigenvalue weighted by Crippen LogP contribution is -2.17. The summed E-state index contributed by atoms with van der Waals surface area (Å²) in [4.78, 5) is 21.4. The number of benzene rings is 1. The van der Waals surface area contributed by atoms with E-state index >= 15 is 0 Å². The highest BCUT2D eigenvalue weighted by Gasteiger charge is 2.14. The van der Waals surface area contributed by atoms with E-state index in [1.165, 1.54) is 6.07 Å². The van der Waals surface area contributed by atoms with Crippen molar-refractivity contribution in [3.63, 3.8) is 0 Å². The highest BCUT2D eigenvalue weighted by atomic mass is 16.6. The van der Waals surface area contributed by atoms with Crippen LogP contribution in [0, 0.1) is 17.0 Å². The zero-order chi connectivity index (χ0) is 12.8. The zero-order valence-corrected chi connectivity index (χ0v) is 9.73. The maximum atomic E-state index is 11.1. The fraction of sp³-hybridized carbons (Fsp3) is 0.364. The number of ether oxygens (including phenoxy) is 1. The van der Waals surface area contributed by atoms with Gasteiger partial charge in [-0.05, 0) is 25.5 Å². The quantitative estimate of drug-likeness (QED) is 0.481. The molecule has 0 bridgehead atoms. The molecule has 0 aromatic heterocycles. The van der Waals surface area contributed by atoms with E-state index in [0.717, 1.165) is 5.56 Å². The van der Waals surface area contributed by atoms with E-state index < -0.39 is 10.9 Å². The van der Waals surface area contributed by atoms with E-state index in [2.05, 4.69) is 5.32 Å². The fourth-order valence-corrected chi connectivity index (χ4v) is 1.32. The number of aryl methyl sites for hydroxylation is 1. The summed E-state index contributed by atoms with van der Waals surface area (Å²) in [7, 11) is 0. The third-order valence-electron chi connectivity index (χ3n) is 2.08. The number of nitrogens with one attached hydrogen (secondary N) is 1. The van der Waals surface area contributed by atoms with Gasteiger partial charge in [0.1, 0.15) is 12.2 Å². The van der Waals surface area contributed by atoms with Gasteiger partial charge < -0.3 is 10.1 Å². The molecule has 6 nitrogen and oxygen atoms in total. The molecule has 0 aliphatic heterocycles. The number of rotatable bonds is 5. The second kappa shape index (κ2) is 5.83. The van der Waals surface area contributed by atoms with Crippen LogP contribution in [-0.4, -0.2) is 24.0 Å². The Hall–Kier alpha value is -2.11. The largest absolute Gasteiger partial charge is 0.465 e. The lowest BCUT2D eigenvalue weighted by molar-refractivity contribution is -0.384. The molecule has 0 saturated carbocycles. The van der Waals surface area contributed by atoms with Gasteiger partial charge in [0, 0.05) is 6.07 Å². The molecule has 0 saturated heterocycles. The summed E-state index contributed by atoms with van der Waals surface area (Å²) in [6.07, 6.45) is 0. The number of nitrogens with zero attached hydrogens (tertiary/aromatic N) is 1. The average molecular weight is 238 g/mol. The first-order valence-electron chi connectivity index (χ1n) is 5.19. The maximum Gasteiger partial charge on any atom is 0.325 e. The van der Waals surface area contributed by atoms with E-state index in [9.17, 15) is 14.9 Å². The minimum absolute atomic E-state index is 0.0469. The average Bonchev–Trinajstić information content (AvgIpc) is 2.27. The second-order valence-corrected chi connectivity index (χ2v) is 3.44. The van der Waals surface area contributed by atoms with Gasteiger partial charge in [-0.15, -0.1) is 0 Å². The van der Waals surface area contributed by atoms with Crippen molar-refractivity contribution in [2.75, 3.05) is 18.5 Å². The third-order valence-corrected chi connectivity index (χ3v) is 2.08. The van der Waals surface area contributed by atoms with Gasteiger partial charge in [-0.25, -0.2) is 0 Å². The van der Waals surface area contributed by atoms with Crippen molar-refractivity contribution in [3.8, 4) is 0 Å². The molecule has 1 aromatic carbocycles. The van der Waals surface area contributed by atoms with Gasteiger partial charge in [-0.3, -0.25) is 14.9 Å². The molecule has 1 aromatic rings. The summed E-state index contributed by atoms with van der Waals surface area (Å²) < 4.78 is 4.72. The van der Waals surface area contributed by atoms with Gasteiger partial charge in [-0.1, -0.05) is 6.07 Å². The van der Waals surface area contributed by atoms with E-state index in [-0.39, 0.29) is 18.8 Å². The van der Waals surface area contributed by atoms with Gasteiger partial charge in [0.2, 0.25) is 0 Å². The first-order chi connectivity index (χ1) is 8.04. The summed E-state index contributed by atoms with van der Waals surface area (Å²) in [5.74, 6) is -0.442. The summed E-state index contributed by atoms with van der Waals surface area (Å²) in [6, 6.07) is 4.76. The number of carbonyl (C=O) groups excluding carboxylic acids is 1. The molecule has 0 spiro atoms. The van der Waals surface area contributed by atoms with Crippen LogP contribution in [0.3, 0.4) is 0 Å². The molecular weight excluding hydrogens is 224 g/mol. The Morgan fingerprint density at radius 2 is 2.24 bits per heavy atom. The molecule has 0 unspecified atom stereocenters. The second-order valence-electron chi connectivity index (χ2n) is 3.44. The Kier molecular flexibility index (Phi) is 4.45. The molecule has 92 valence electrons. The van der Waals surface area contributed by atoms with Crippen LogP contribution in [0.5, 0.6) is 0 Å². The Labute approximate surface area is 98.7 Å². The molecule has 0 fully saturated rings. The normalized spacial score (nSPS) is 9.76. The smallest absolute Gasteiger partial charge is 0.325 e. The highest BCUT2D eigenvalue weighted by Crippen LogP contribution is 2.24. The van der Waals surface area contributed by atoms with Crippen LogP contribution >= 0.6 is 0 Å². The number of nitro groups is 1. The van der Waals surface area contributed by atoms with Gasteiger partial charge in [0.15, 0.2) is 0 Å². The van der Waals surface area contributed by atoms with Crippen LogP contribution < -0.4 is 5.32 Å². The van der Waals surface area contributed by atoms with Crippen molar-refractivity contribution in [1.82, 2.24) is 0 Å². The van der Waals surface area contributed by atoms with Gasteiger partial charge in [0.25, 0.3) is 5.69 Å². The predicted molar refractivity (Wildman–Crippen MR) is 63.0 cm³/mol. The monoisotopic (exact) mass is 238 g/mol. The minimum Gasteiger partial charge on any atom is -0.465 e. The summed E-state index contributed by atoms with van der Waals surface area (Å²) in [5, 5.41) is 13.5.